The first-order valence-corrected chi connectivity index (χ1v) is 15.9. The number of hydrogen-bond acceptors (Lipinski definition) is 11. The summed E-state index contributed by atoms with van der Waals surface area (Å²) in [5.41, 5.74) is -1.39. The molecule has 2 saturated heterocycles. The van der Waals surface area contributed by atoms with Crippen LogP contribution in [0, 0.1) is 0 Å². The van der Waals surface area contributed by atoms with Crippen LogP contribution in [0.5, 0.6) is 5.75 Å². The molecule has 0 radical (unpaired) electrons. The summed E-state index contributed by atoms with van der Waals surface area (Å²) in [6.45, 7) is 14.4. The number of amides is 3. The molecule has 15 nitrogen and oxygen atoms in total. The third kappa shape index (κ3) is 8.43. The van der Waals surface area contributed by atoms with Gasteiger partial charge in [-0.2, -0.15) is 0 Å². The van der Waals surface area contributed by atoms with Crippen LogP contribution in [-0.2, 0) is 19.0 Å². The van der Waals surface area contributed by atoms with Crippen LogP contribution < -0.4 is 20.1 Å². The Hall–Kier alpha value is -4.56. The highest BCUT2D eigenvalue weighted by molar-refractivity contribution is 6.01. The Balaban J connectivity index is 1.76. The van der Waals surface area contributed by atoms with Crippen LogP contribution in [0.2, 0.25) is 0 Å². The molecule has 258 valence electrons. The Morgan fingerprint density at radius 1 is 0.872 bits per heavy atom. The average molecular weight is 659 g/mol. The van der Waals surface area contributed by atoms with Crippen LogP contribution in [0.15, 0.2) is 17.1 Å². The minimum atomic E-state index is -0.856. The molecule has 3 amide bonds. The number of methoxy groups -OCH3 is 1. The molecular weight excluding hydrogens is 612 g/mol. The van der Waals surface area contributed by atoms with Gasteiger partial charge < -0.3 is 33.6 Å². The maximum atomic E-state index is 14.0. The zero-order valence-electron chi connectivity index (χ0n) is 28.6. The second-order valence-electron chi connectivity index (χ2n) is 13.5. The topological polar surface area (TPSA) is 153 Å². The van der Waals surface area contributed by atoms with E-state index in [0.29, 0.717) is 38.3 Å². The molecule has 15 heteroatoms. The summed E-state index contributed by atoms with van der Waals surface area (Å²) < 4.78 is 23.0. The summed E-state index contributed by atoms with van der Waals surface area (Å²) in [5, 5.41) is 0. The number of carbonyl (C=O) groups excluding carboxylic acids is 4. The van der Waals surface area contributed by atoms with Gasteiger partial charge in [-0.25, -0.2) is 19.4 Å². The van der Waals surface area contributed by atoms with Gasteiger partial charge in [0.25, 0.3) is 0 Å². The van der Waals surface area contributed by atoms with Crippen LogP contribution in [0.1, 0.15) is 71.8 Å². The van der Waals surface area contributed by atoms with Gasteiger partial charge in [0.1, 0.15) is 17.7 Å². The summed E-state index contributed by atoms with van der Waals surface area (Å²) in [7, 11) is 1.18. The van der Waals surface area contributed by atoms with Gasteiger partial charge in [-0.05, 0) is 54.0 Å². The third-order valence-corrected chi connectivity index (χ3v) is 7.43. The van der Waals surface area contributed by atoms with Gasteiger partial charge in [0.15, 0.2) is 11.3 Å². The van der Waals surface area contributed by atoms with Crippen molar-refractivity contribution in [2.24, 2.45) is 0 Å². The largest absolute Gasteiger partial charge is 0.486 e. The number of fused-ring (bicyclic) bond motifs is 1. The number of unbranched alkanes of at least 4 members (excludes halogenated alkanes) is 1. The maximum absolute atomic E-state index is 14.0. The molecule has 0 unspecified atom stereocenters. The minimum absolute atomic E-state index is 0.0495. The first kappa shape index (κ1) is 35.3. The molecule has 4 heterocycles. The lowest BCUT2D eigenvalue weighted by Crippen LogP contribution is -2.53. The van der Waals surface area contributed by atoms with Gasteiger partial charge in [0.05, 0.1) is 25.1 Å². The summed E-state index contributed by atoms with van der Waals surface area (Å²) in [4.78, 5) is 76.8. The number of ether oxygens (including phenoxy) is 4. The first-order valence-electron chi connectivity index (χ1n) is 15.9. The van der Waals surface area contributed by atoms with E-state index in [1.54, 1.807) is 37.9 Å². The summed E-state index contributed by atoms with van der Waals surface area (Å²) in [5.74, 6) is -1.53. The maximum Gasteiger partial charge on any atom is 0.410 e. The summed E-state index contributed by atoms with van der Waals surface area (Å²) in [6, 6.07) is 1.73. The quantitative estimate of drug-likeness (QED) is 0.245. The lowest BCUT2D eigenvalue weighted by Gasteiger charge is -2.38. The lowest BCUT2D eigenvalue weighted by atomic mass is 10.2. The van der Waals surface area contributed by atoms with E-state index in [4.69, 9.17) is 18.9 Å². The van der Waals surface area contributed by atoms with Gasteiger partial charge >= 0.3 is 23.7 Å². The molecule has 2 fully saturated rings. The van der Waals surface area contributed by atoms with Crippen molar-refractivity contribution in [3.63, 3.8) is 0 Å². The van der Waals surface area contributed by atoms with Crippen molar-refractivity contribution >= 4 is 41.1 Å². The lowest BCUT2D eigenvalue weighted by molar-refractivity contribution is -0.121. The standard InChI is InChI=1S/C32H46N6O9/c1-9-10-17-45-25-24(28(41)44-8)33-26-22(37-16-15-36(20-23(37)39)30(43)47-32(5,6)7)18-21(19-38(26)27(25)40)34-11-13-35(14-12-34)29(42)46-31(2,3)4/h18-19H,9-17,20H2,1-8H3. The highest BCUT2D eigenvalue weighted by Crippen LogP contribution is 2.30. The van der Waals surface area contributed by atoms with E-state index in [-0.39, 0.29) is 49.0 Å². The van der Waals surface area contributed by atoms with Crippen molar-refractivity contribution in [3.05, 3.63) is 28.3 Å². The molecule has 0 atom stereocenters. The van der Waals surface area contributed by atoms with E-state index in [0.717, 1.165) is 6.42 Å². The van der Waals surface area contributed by atoms with Gasteiger partial charge in [-0.1, -0.05) is 13.3 Å². The Labute approximate surface area is 274 Å². The van der Waals surface area contributed by atoms with E-state index in [1.165, 1.54) is 21.3 Å². The molecular formula is C32H46N6O9. The van der Waals surface area contributed by atoms with Gasteiger partial charge in [0.2, 0.25) is 11.7 Å². The van der Waals surface area contributed by atoms with Crippen LogP contribution in [0.25, 0.3) is 5.65 Å². The van der Waals surface area contributed by atoms with E-state index in [2.05, 4.69) is 4.98 Å². The van der Waals surface area contributed by atoms with Crippen LogP contribution >= 0.6 is 0 Å². The number of hydrogen-bond donors (Lipinski definition) is 0. The molecule has 2 aromatic rings. The number of pyridine rings is 1. The second-order valence-corrected chi connectivity index (χ2v) is 13.5. The van der Waals surface area contributed by atoms with Crippen LogP contribution in [0.3, 0.4) is 0 Å². The van der Waals surface area contributed by atoms with E-state index in [1.807, 2.05) is 32.6 Å². The number of nitrogens with zero attached hydrogens (tertiary/aromatic N) is 6. The van der Waals surface area contributed by atoms with Gasteiger partial charge in [0, 0.05) is 45.5 Å². The Kier molecular flexibility index (Phi) is 10.6. The number of piperazine rings is 2. The molecule has 47 heavy (non-hydrogen) atoms. The SMILES string of the molecule is CCCCOc1c(C(=O)OC)nc2c(N3CCN(C(=O)OC(C)(C)C)CC3=O)cc(N3CCN(C(=O)OC(C)(C)C)CC3)cn2c1=O. The highest BCUT2D eigenvalue weighted by atomic mass is 16.6. The minimum Gasteiger partial charge on any atom is -0.486 e. The smallest absolute Gasteiger partial charge is 0.410 e. The predicted molar refractivity (Wildman–Crippen MR) is 173 cm³/mol. The number of aromatic nitrogens is 2. The van der Waals surface area contributed by atoms with E-state index in [9.17, 15) is 24.0 Å². The number of rotatable bonds is 7. The predicted octanol–water partition coefficient (Wildman–Crippen LogP) is 3.30. The molecule has 0 aliphatic carbocycles. The van der Waals surface area contributed by atoms with Gasteiger partial charge in [-0.3, -0.25) is 18.9 Å². The Morgan fingerprint density at radius 3 is 2.02 bits per heavy atom. The van der Waals surface area contributed by atoms with Crippen LogP contribution in [-0.4, -0.2) is 114 Å². The number of anilines is 2. The second kappa shape index (κ2) is 14.1. The fourth-order valence-corrected chi connectivity index (χ4v) is 5.13. The Bertz CT molecular complexity index is 1570. The summed E-state index contributed by atoms with van der Waals surface area (Å²) in [6.07, 6.45) is 2.02. The molecule has 0 aromatic carbocycles. The van der Waals surface area contributed by atoms with Crippen molar-refractivity contribution in [2.45, 2.75) is 72.5 Å². The van der Waals surface area contributed by atoms with Crippen molar-refractivity contribution in [1.82, 2.24) is 19.2 Å². The molecule has 0 saturated carbocycles. The third-order valence-electron chi connectivity index (χ3n) is 7.43. The van der Waals surface area contributed by atoms with Gasteiger partial charge in [-0.15, -0.1) is 0 Å². The fourth-order valence-electron chi connectivity index (χ4n) is 5.13. The molecule has 0 spiro atoms. The van der Waals surface area contributed by atoms with Crippen LogP contribution in [0.4, 0.5) is 21.0 Å². The molecule has 2 aliphatic heterocycles. The molecule has 0 N–H and O–H groups in total. The number of esters is 1. The monoisotopic (exact) mass is 658 g/mol. The zero-order valence-corrected chi connectivity index (χ0v) is 28.6. The molecule has 2 aromatic heterocycles. The average Bonchev–Trinajstić information content (AvgIpc) is 2.99. The molecule has 4 rings (SSSR count). The first-order chi connectivity index (χ1) is 22.0. The van der Waals surface area contributed by atoms with Crippen molar-refractivity contribution in [3.8, 4) is 5.75 Å². The fraction of sp³-hybridized carbons (Fsp3) is 0.625. The molecule has 0 bridgehead atoms. The highest BCUT2D eigenvalue weighted by Gasteiger charge is 2.34. The Morgan fingerprint density at radius 2 is 1.47 bits per heavy atom. The van der Waals surface area contributed by atoms with E-state index >= 15 is 0 Å². The van der Waals surface area contributed by atoms with Crippen molar-refractivity contribution in [2.75, 3.05) is 69.3 Å². The summed E-state index contributed by atoms with van der Waals surface area (Å²) >= 11 is 0. The normalized spacial score (nSPS) is 16.0. The van der Waals surface area contributed by atoms with Crippen molar-refractivity contribution in [1.29, 1.82) is 0 Å². The van der Waals surface area contributed by atoms with Crippen molar-refractivity contribution < 1.29 is 38.1 Å². The van der Waals surface area contributed by atoms with E-state index < -0.39 is 40.8 Å². The zero-order chi connectivity index (χ0) is 34.7. The molecule has 2 aliphatic rings. The number of carbonyl (C=O) groups is 4.